The molecule has 0 spiro atoms. The second-order valence-electron chi connectivity index (χ2n) is 4.09. The van der Waals surface area contributed by atoms with Gasteiger partial charge in [0.15, 0.2) is 0 Å². The lowest BCUT2D eigenvalue weighted by Gasteiger charge is -2.11. The number of nitrogens with zero attached hydrogens (tertiary/aromatic N) is 1. The SMILES string of the molecule is CC(C)c1cc(CO)cc2ccncc12. The smallest absolute Gasteiger partial charge is 0.0682 e. The third-order valence-corrected chi connectivity index (χ3v) is 2.65. The largest absolute Gasteiger partial charge is 0.392 e. The van der Waals surface area contributed by atoms with Crippen molar-refractivity contribution in [1.82, 2.24) is 4.98 Å². The predicted octanol–water partition coefficient (Wildman–Crippen LogP) is 2.85. The maximum absolute atomic E-state index is 9.19. The molecule has 0 aliphatic rings. The number of aromatic nitrogens is 1. The second-order valence-corrected chi connectivity index (χ2v) is 4.09. The molecule has 78 valence electrons. The Morgan fingerprint density at radius 3 is 2.80 bits per heavy atom. The van der Waals surface area contributed by atoms with E-state index in [1.807, 2.05) is 18.3 Å². The summed E-state index contributed by atoms with van der Waals surface area (Å²) in [7, 11) is 0. The third kappa shape index (κ3) is 1.85. The van der Waals surface area contributed by atoms with Gasteiger partial charge in [0.05, 0.1) is 6.61 Å². The molecule has 2 rings (SSSR count). The Hall–Kier alpha value is -1.41. The van der Waals surface area contributed by atoms with Gasteiger partial charge in [-0.1, -0.05) is 19.9 Å². The summed E-state index contributed by atoms with van der Waals surface area (Å²) in [6, 6.07) is 6.07. The quantitative estimate of drug-likeness (QED) is 0.810. The van der Waals surface area contributed by atoms with Crippen LogP contribution in [0.5, 0.6) is 0 Å². The molecule has 0 aliphatic carbocycles. The summed E-state index contributed by atoms with van der Waals surface area (Å²) < 4.78 is 0. The van der Waals surface area contributed by atoms with Crippen LogP contribution in [0.25, 0.3) is 10.8 Å². The first kappa shape index (κ1) is 10.1. The maximum atomic E-state index is 9.19. The monoisotopic (exact) mass is 201 g/mol. The Balaban J connectivity index is 2.74. The number of aliphatic hydroxyl groups excluding tert-OH is 1. The van der Waals surface area contributed by atoms with Crippen molar-refractivity contribution in [3.8, 4) is 0 Å². The van der Waals surface area contributed by atoms with Crippen LogP contribution in [0, 0.1) is 0 Å². The van der Waals surface area contributed by atoms with Crippen molar-refractivity contribution in [2.24, 2.45) is 0 Å². The van der Waals surface area contributed by atoms with E-state index >= 15 is 0 Å². The highest BCUT2D eigenvalue weighted by molar-refractivity contribution is 5.86. The fourth-order valence-electron chi connectivity index (χ4n) is 1.86. The predicted molar refractivity (Wildman–Crippen MR) is 61.8 cm³/mol. The fraction of sp³-hybridized carbons (Fsp3) is 0.308. The molecule has 2 aromatic rings. The van der Waals surface area contributed by atoms with Gasteiger partial charge in [0.1, 0.15) is 0 Å². The molecule has 0 unspecified atom stereocenters. The van der Waals surface area contributed by atoms with Crippen LogP contribution in [0.3, 0.4) is 0 Å². The molecule has 0 amide bonds. The molecule has 1 aromatic heterocycles. The normalized spacial score (nSPS) is 11.2. The molecular weight excluding hydrogens is 186 g/mol. The van der Waals surface area contributed by atoms with Gasteiger partial charge < -0.3 is 5.11 Å². The summed E-state index contributed by atoms with van der Waals surface area (Å²) >= 11 is 0. The molecule has 0 atom stereocenters. The zero-order valence-electron chi connectivity index (χ0n) is 9.07. The van der Waals surface area contributed by atoms with Crippen molar-refractivity contribution in [2.45, 2.75) is 26.4 Å². The summed E-state index contributed by atoms with van der Waals surface area (Å²) in [6.07, 6.45) is 3.68. The summed E-state index contributed by atoms with van der Waals surface area (Å²) in [6.45, 7) is 4.41. The van der Waals surface area contributed by atoms with Crippen molar-refractivity contribution in [2.75, 3.05) is 0 Å². The topological polar surface area (TPSA) is 33.1 Å². The molecule has 15 heavy (non-hydrogen) atoms. The van der Waals surface area contributed by atoms with Crippen LogP contribution in [-0.2, 0) is 6.61 Å². The molecule has 2 heteroatoms. The maximum Gasteiger partial charge on any atom is 0.0682 e. The van der Waals surface area contributed by atoms with Crippen LogP contribution in [0.15, 0.2) is 30.6 Å². The van der Waals surface area contributed by atoms with Gasteiger partial charge in [0.25, 0.3) is 0 Å². The van der Waals surface area contributed by atoms with Crippen LogP contribution in [0.2, 0.25) is 0 Å². The van der Waals surface area contributed by atoms with Gasteiger partial charge in [-0.25, -0.2) is 0 Å². The van der Waals surface area contributed by atoms with Crippen molar-refractivity contribution < 1.29 is 5.11 Å². The van der Waals surface area contributed by atoms with Gasteiger partial charge in [-0.3, -0.25) is 4.98 Å². The van der Waals surface area contributed by atoms with E-state index in [9.17, 15) is 5.11 Å². The van der Waals surface area contributed by atoms with Gasteiger partial charge in [-0.2, -0.15) is 0 Å². The van der Waals surface area contributed by atoms with Crippen LogP contribution in [0.1, 0.15) is 30.9 Å². The molecule has 0 saturated heterocycles. The number of pyridine rings is 1. The van der Waals surface area contributed by atoms with E-state index in [4.69, 9.17) is 0 Å². The van der Waals surface area contributed by atoms with Gasteiger partial charge in [0, 0.05) is 17.8 Å². The highest BCUT2D eigenvalue weighted by atomic mass is 16.3. The number of hydrogen-bond acceptors (Lipinski definition) is 2. The summed E-state index contributed by atoms with van der Waals surface area (Å²) in [5.74, 6) is 0.447. The van der Waals surface area contributed by atoms with Gasteiger partial charge in [0.2, 0.25) is 0 Å². The second kappa shape index (κ2) is 3.99. The number of rotatable bonds is 2. The lowest BCUT2D eigenvalue weighted by Crippen LogP contribution is -1.94. The van der Waals surface area contributed by atoms with Crippen molar-refractivity contribution in [3.63, 3.8) is 0 Å². The molecular formula is C13H15NO. The molecule has 0 bridgehead atoms. The minimum Gasteiger partial charge on any atom is -0.392 e. The molecule has 0 radical (unpaired) electrons. The average molecular weight is 201 g/mol. The first-order valence-electron chi connectivity index (χ1n) is 5.19. The lowest BCUT2D eigenvalue weighted by atomic mass is 9.95. The summed E-state index contributed by atoms with van der Waals surface area (Å²) in [4.78, 5) is 4.15. The lowest BCUT2D eigenvalue weighted by molar-refractivity contribution is 0.282. The van der Waals surface area contributed by atoms with E-state index in [1.165, 1.54) is 10.9 Å². The molecule has 1 aromatic carbocycles. The molecule has 0 saturated carbocycles. The fourth-order valence-corrected chi connectivity index (χ4v) is 1.86. The highest BCUT2D eigenvalue weighted by Crippen LogP contribution is 2.26. The number of hydrogen-bond donors (Lipinski definition) is 1. The van der Waals surface area contributed by atoms with E-state index in [-0.39, 0.29) is 6.61 Å². The van der Waals surface area contributed by atoms with Crippen molar-refractivity contribution >= 4 is 10.8 Å². The van der Waals surface area contributed by atoms with Crippen LogP contribution >= 0.6 is 0 Å². The third-order valence-electron chi connectivity index (χ3n) is 2.65. The van der Waals surface area contributed by atoms with E-state index in [0.717, 1.165) is 10.9 Å². The number of fused-ring (bicyclic) bond motifs is 1. The Kier molecular flexibility index (Phi) is 2.69. The molecule has 1 N–H and O–H groups in total. The van der Waals surface area contributed by atoms with Crippen LogP contribution in [0.4, 0.5) is 0 Å². The minimum atomic E-state index is 0.0952. The van der Waals surface area contributed by atoms with E-state index in [2.05, 4.69) is 24.9 Å². The highest BCUT2D eigenvalue weighted by Gasteiger charge is 2.07. The van der Waals surface area contributed by atoms with Crippen molar-refractivity contribution in [3.05, 3.63) is 41.7 Å². The van der Waals surface area contributed by atoms with Gasteiger partial charge in [-0.15, -0.1) is 0 Å². The summed E-state index contributed by atoms with van der Waals surface area (Å²) in [5.41, 5.74) is 2.22. The van der Waals surface area contributed by atoms with E-state index in [1.54, 1.807) is 6.20 Å². The Labute approximate surface area is 89.6 Å². The van der Waals surface area contributed by atoms with Crippen LogP contribution in [-0.4, -0.2) is 10.1 Å². The molecule has 1 heterocycles. The number of benzene rings is 1. The van der Waals surface area contributed by atoms with E-state index < -0.39 is 0 Å². The zero-order valence-corrected chi connectivity index (χ0v) is 9.07. The van der Waals surface area contributed by atoms with E-state index in [0.29, 0.717) is 5.92 Å². The first-order chi connectivity index (χ1) is 7.22. The van der Waals surface area contributed by atoms with Gasteiger partial charge in [-0.05, 0) is 34.6 Å². The van der Waals surface area contributed by atoms with Crippen LogP contribution < -0.4 is 0 Å². The Bertz CT molecular complexity index is 477. The average Bonchev–Trinajstić information content (AvgIpc) is 2.27. The van der Waals surface area contributed by atoms with Gasteiger partial charge >= 0.3 is 0 Å². The molecule has 2 nitrogen and oxygen atoms in total. The first-order valence-corrected chi connectivity index (χ1v) is 5.19. The molecule has 0 aliphatic heterocycles. The molecule has 0 fully saturated rings. The standard InChI is InChI=1S/C13H15NO/c1-9(2)12-6-10(8-15)5-11-3-4-14-7-13(11)12/h3-7,9,15H,8H2,1-2H3. The summed E-state index contributed by atoms with van der Waals surface area (Å²) in [5, 5.41) is 11.5. The minimum absolute atomic E-state index is 0.0952. The Morgan fingerprint density at radius 1 is 1.33 bits per heavy atom. The van der Waals surface area contributed by atoms with Crippen molar-refractivity contribution in [1.29, 1.82) is 0 Å². The number of aliphatic hydroxyl groups is 1. The Morgan fingerprint density at radius 2 is 2.13 bits per heavy atom. The zero-order chi connectivity index (χ0) is 10.8.